The molecule has 2 aromatic rings. The maximum absolute atomic E-state index is 12.6. The number of likely N-dealkylation sites (tertiary alicyclic amines) is 1. The van der Waals surface area contributed by atoms with E-state index >= 15 is 0 Å². The number of nitrogens with zero attached hydrogens (tertiary/aromatic N) is 4. The van der Waals surface area contributed by atoms with Crippen molar-refractivity contribution in [2.75, 3.05) is 19.6 Å². The molecule has 0 aromatic carbocycles. The summed E-state index contributed by atoms with van der Waals surface area (Å²) in [6.07, 6.45) is 3.37. The zero-order chi connectivity index (χ0) is 21.5. The van der Waals surface area contributed by atoms with Crippen molar-refractivity contribution in [2.24, 2.45) is 0 Å². The van der Waals surface area contributed by atoms with Crippen molar-refractivity contribution in [3.05, 3.63) is 39.0 Å². The Morgan fingerprint density at radius 2 is 1.87 bits per heavy atom. The molecule has 0 unspecified atom stereocenters. The fraction of sp³-hybridized carbons (Fsp3) is 0.619. The highest BCUT2D eigenvalue weighted by Gasteiger charge is 2.28. The van der Waals surface area contributed by atoms with E-state index in [1.165, 1.54) is 12.3 Å². The molecule has 1 N–H and O–H groups in total. The second-order valence-corrected chi connectivity index (χ2v) is 9.16. The van der Waals surface area contributed by atoms with Crippen LogP contribution in [0.25, 0.3) is 11.2 Å². The van der Waals surface area contributed by atoms with Gasteiger partial charge in [-0.2, -0.15) is 0 Å². The van der Waals surface area contributed by atoms with Crippen LogP contribution >= 0.6 is 0 Å². The molecule has 1 saturated heterocycles. The van der Waals surface area contributed by atoms with E-state index < -0.39 is 5.60 Å². The van der Waals surface area contributed by atoms with E-state index in [0.29, 0.717) is 17.7 Å². The molecule has 2 aliphatic heterocycles. The van der Waals surface area contributed by atoms with Gasteiger partial charge < -0.3 is 15.0 Å². The molecule has 2 aliphatic rings. The molecule has 0 saturated carbocycles. The van der Waals surface area contributed by atoms with Crippen molar-refractivity contribution >= 4 is 17.3 Å². The number of hydrogen-bond acceptors (Lipinski definition) is 6. The fourth-order valence-electron chi connectivity index (χ4n) is 4.38. The van der Waals surface area contributed by atoms with E-state index in [-0.39, 0.29) is 29.3 Å². The first-order chi connectivity index (χ1) is 14.2. The van der Waals surface area contributed by atoms with Gasteiger partial charge in [-0.25, -0.2) is 9.78 Å². The van der Waals surface area contributed by atoms with Gasteiger partial charge in [-0.1, -0.05) is 0 Å². The van der Waals surface area contributed by atoms with Gasteiger partial charge in [0.15, 0.2) is 0 Å². The molecule has 4 heterocycles. The van der Waals surface area contributed by atoms with Crippen LogP contribution in [0.2, 0.25) is 0 Å². The Morgan fingerprint density at radius 1 is 1.13 bits per heavy atom. The molecule has 1 amide bonds. The summed E-state index contributed by atoms with van der Waals surface area (Å²) in [6, 6.07) is 3.28. The number of aromatic nitrogens is 3. The lowest BCUT2D eigenvalue weighted by Crippen LogP contribution is -2.48. The van der Waals surface area contributed by atoms with Crippen molar-refractivity contribution in [2.45, 2.75) is 64.3 Å². The van der Waals surface area contributed by atoms with E-state index in [0.717, 1.165) is 38.9 Å². The van der Waals surface area contributed by atoms with Gasteiger partial charge >= 0.3 is 6.09 Å². The van der Waals surface area contributed by atoms with Gasteiger partial charge in [0.05, 0.1) is 12.2 Å². The van der Waals surface area contributed by atoms with Crippen molar-refractivity contribution < 1.29 is 9.53 Å². The van der Waals surface area contributed by atoms with Crippen molar-refractivity contribution in [3.8, 4) is 0 Å². The lowest BCUT2D eigenvalue weighted by molar-refractivity contribution is 0.0475. The Hall–Kier alpha value is -2.68. The molecule has 4 rings (SSSR count). The third-order valence-electron chi connectivity index (χ3n) is 5.74. The van der Waals surface area contributed by atoms with Crippen molar-refractivity contribution in [1.82, 2.24) is 24.3 Å². The second kappa shape index (κ2) is 7.86. The molecular weight excluding hydrogens is 386 g/mol. The highest BCUT2D eigenvalue weighted by atomic mass is 16.6. The van der Waals surface area contributed by atoms with Crippen LogP contribution in [0.4, 0.5) is 4.79 Å². The average Bonchev–Trinajstić information content (AvgIpc) is 2.67. The Balaban J connectivity index is 1.43. The number of alkyl carbamates (subject to hydrolysis) is 1. The first-order valence-corrected chi connectivity index (χ1v) is 10.5. The topological polar surface area (TPSA) is 98.5 Å². The lowest BCUT2D eigenvalue weighted by Gasteiger charge is -2.36. The number of hydrogen-bond donors (Lipinski definition) is 1. The molecule has 9 nitrogen and oxygen atoms in total. The number of carbonyl (C=O) groups excluding carboxylic acids is 1. The summed E-state index contributed by atoms with van der Waals surface area (Å²) in [7, 11) is 0. The number of aryl methyl sites for hydroxylation is 1. The van der Waals surface area contributed by atoms with Gasteiger partial charge in [-0.05, 0) is 46.1 Å². The van der Waals surface area contributed by atoms with Gasteiger partial charge in [0.25, 0.3) is 11.1 Å². The normalized spacial score (nSPS) is 20.3. The monoisotopic (exact) mass is 415 g/mol. The largest absolute Gasteiger partial charge is 0.444 e. The van der Waals surface area contributed by atoms with Crippen LogP contribution in [-0.4, -0.2) is 56.4 Å². The maximum Gasteiger partial charge on any atom is 0.407 e. The number of amides is 1. The molecule has 1 fully saturated rings. The summed E-state index contributed by atoms with van der Waals surface area (Å²) in [4.78, 5) is 43.4. The van der Waals surface area contributed by atoms with Gasteiger partial charge in [0, 0.05) is 38.3 Å². The third-order valence-corrected chi connectivity index (χ3v) is 5.74. The molecule has 0 radical (unpaired) electrons. The molecule has 9 heteroatoms. The molecule has 0 bridgehead atoms. The predicted molar refractivity (Wildman–Crippen MR) is 113 cm³/mol. The van der Waals surface area contributed by atoms with Crippen LogP contribution in [0, 0.1) is 0 Å². The highest BCUT2D eigenvalue weighted by molar-refractivity contribution is 5.70. The molecule has 30 heavy (non-hydrogen) atoms. The lowest BCUT2D eigenvalue weighted by atomic mass is 10.0. The standard InChI is InChI=1S/C21H29N5O4/c1-21(2,3)30-20(29)23-14-6-9-24(10-7-14)13-15-8-11-25-17(27)5-4-16-19(25)26(15)18(28)12-22-16/h4-5,12,14-15H,6-11,13H2,1-3H3,(H,23,29)/t15-/m0/s1. The van der Waals surface area contributed by atoms with E-state index in [1.54, 1.807) is 15.2 Å². The van der Waals surface area contributed by atoms with Crippen LogP contribution < -0.4 is 16.4 Å². The van der Waals surface area contributed by atoms with Crippen LogP contribution in [0.5, 0.6) is 0 Å². The summed E-state index contributed by atoms with van der Waals surface area (Å²) >= 11 is 0. The van der Waals surface area contributed by atoms with Crippen LogP contribution in [0.15, 0.2) is 27.9 Å². The number of pyridine rings is 1. The zero-order valence-corrected chi connectivity index (χ0v) is 17.8. The minimum absolute atomic E-state index is 0.000153. The SMILES string of the molecule is CC(C)(C)OC(=O)NC1CCN(C[C@@H]2CCn3c(=O)ccc4ncc(=O)n2c43)CC1. The van der Waals surface area contributed by atoms with Gasteiger partial charge in [-0.15, -0.1) is 0 Å². The molecule has 2 aromatic heterocycles. The smallest absolute Gasteiger partial charge is 0.407 e. The van der Waals surface area contributed by atoms with Gasteiger partial charge in [-0.3, -0.25) is 18.7 Å². The van der Waals surface area contributed by atoms with Crippen LogP contribution in [-0.2, 0) is 11.3 Å². The van der Waals surface area contributed by atoms with Gasteiger partial charge in [0.2, 0.25) is 0 Å². The quantitative estimate of drug-likeness (QED) is 0.816. The predicted octanol–water partition coefficient (Wildman–Crippen LogP) is 1.49. The first-order valence-electron chi connectivity index (χ1n) is 10.5. The minimum atomic E-state index is -0.507. The molecule has 162 valence electrons. The number of ether oxygens (including phenoxy) is 1. The Bertz CT molecular complexity index is 1050. The molecule has 0 spiro atoms. The van der Waals surface area contributed by atoms with Gasteiger partial charge in [0.1, 0.15) is 16.8 Å². The fourth-order valence-corrected chi connectivity index (χ4v) is 4.38. The minimum Gasteiger partial charge on any atom is -0.444 e. The van der Waals surface area contributed by atoms with E-state index in [1.807, 2.05) is 20.8 Å². The molecule has 1 atom stereocenters. The summed E-state index contributed by atoms with van der Waals surface area (Å²) < 4.78 is 8.73. The summed E-state index contributed by atoms with van der Waals surface area (Å²) in [5.74, 6) is 0. The Kier molecular flexibility index (Phi) is 5.40. The highest BCUT2D eigenvalue weighted by Crippen LogP contribution is 2.24. The van der Waals surface area contributed by atoms with Crippen LogP contribution in [0.3, 0.4) is 0 Å². The summed E-state index contributed by atoms with van der Waals surface area (Å²) in [5.41, 5.74) is 0.503. The van der Waals surface area contributed by atoms with Crippen LogP contribution in [0.1, 0.15) is 46.1 Å². The number of rotatable bonds is 3. The molecule has 0 aliphatic carbocycles. The number of nitrogens with one attached hydrogen (secondary N) is 1. The van der Waals surface area contributed by atoms with E-state index in [2.05, 4.69) is 15.2 Å². The maximum atomic E-state index is 12.6. The first kappa shape index (κ1) is 20.6. The number of carbonyl (C=O) groups is 1. The summed E-state index contributed by atoms with van der Waals surface area (Å²) in [5, 5.41) is 2.95. The Morgan fingerprint density at radius 3 is 2.57 bits per heavy atom. The zero-order valence-electron chi connectivity index (χ0n) is 17.8. The third kappa shape index (κ3) is 4.26. The molecular formula is C21H29N5O4. The summed E-state index contributed by atoms with van der Waals surface area (Å²) in [6.45, 7) is 8.55. The second-order valence-electron chi connectivity index (χ2n) is 9.16. The van der Waals surface area contributed by atoms with Crippen molar-refractivity contribution in [1.29, 1.82) is 0 Å². The number of piperidine rings is 1. The van der Waals surface area contributed by atoms with Crippen molar-refractivity contribution in [3.63, 3.8) is 0 Å². The average molecular weight is 415 g/mol. The Labute approximate surface area is 174 Å². The van der Waals surface area contributed by atoms with E-state index in [9.17, 15) is 14.4 Å². The van der Waals surface area contributed by atoms with E-state index in [4.69, 9.17) is 4.74 Å².